The summed E-state index contributed by atoms with van der Waals surface area (Å²) in [4.78, 5) is 12.0. The Bertz CT molecular complexity index is 654. The van der Waals surface area contributed by atoms with Gasteiger partial charge in [0.25, 0.3) is 0 Å². The summed E-state index contributed by atoms with van der Waals surface area (Å²) in [6.45, 7) is 0. The number of benzene rings is 2. The second-order valence-electron chi connectivity index (χ2n) is 4.62. The third-order valence-corrected chi connectivity index (χ3v) is 3.67. The predicted octanol–water partition coefficient (Wildman–Crippen LogP) is 3.32. The van der Waals surface area contributed by atoms with Crippen LogP contribution in [0.5, 0.6) is 5.75 Å². The summed E-state index contributed by atoms with van der Waals surface area (Å²) in [7, 11) is 0. The Balaban J connectivity index is 1.91. The number of hydrogen-bond donors (Lipinski definition) is 2. The Hall–Kier alpha value is -2.00. The zero-order valence-electron chi connectivity index (χ0n) is 10.1. The first kappa shape index (κ1) is 12.1. The van der Waals surface area contributed by atoms with Gasteiger partial charge in [-0.3, -0.25) is 4.79 Å². The third-order valence-electron chi connectivity index (χ3n) is 3.36. The van der Waals surface area contributed by atoms with E-state index in [0.29, 0.717) is 11.4 Å². The molecule has 0 fully saturated rings. The van der Waals surface area contributed by atoms with Crippen LogP contribution in [0.25, 0.3) is 0 Å². The first-order valence-corrected chi connectivity index (χ1v) is 6.40. The van der Waals surface area contributed by atoms with Crippen molar-refractivity contribution in [1.29, 1.82) is 0 Å². The minimum Gasteiger partial charge on any atom is -0.506 e. The normalized spacial score (nSPS) is 17.1. The van der Waals surface area contributed by atoms with Gasteiger partial charge >= 0.3 is 0 Å². The molecular weight excluding hydrogens is 262 g/mol. The lowest BCUT2D eigenvalue weighted by Crippen LogP contribution is -2.14. The van der Waals surface area contributed by atoms with Crippen molar-refractivity contribution in [3.63, 3.8) is 0 Å². The zero-order valence-corrected chi connectivity index (χ0v) is 10.8. The van der Waals surface area contributed by atoms with Crippen molar-refractivity contribution in [2.75, 3.05) is 5.32 Å². The quantitative estimate of drug-likeness (QED) is 0.882. The first-order chi connectivity index (χ1) is 9.15. The fourth-order valence-corrected chi connectivity index (χ4v) is 2.59. The van der Waals surface area contributed by atoms with E-state index in [1.54, 1.807) is 18.2 Å². The number of carbonyl (C=O) groups is 1. The van der Waals surface area contributed by atoms with Gasteiger partial charge in [0.05, 0.1) is 10.9 Å². The second-order valence-corrected chi connectivity index (χ2v) is 5.03. The summed E-state index contributed by atoms with van der Waals surface area (Å²) < 4.78 is 0. The molecule has 1 heterocycles. The number of hydrogen-bond acceptors (Lipinski definition) is 2. The minimum absolute atomic E-state index is 0.00500. The molecule has 0 saturated heterocycles. The van der Waals surface area contributed by atoms with Gasteiger partial charge in [-0.2, -0.15) is 0 Å². The van der Waals surface area contributed by atoms with Gasteiger partial charge in [-0.05, 0) is 35.7 Å². The Morgan fingerprint density at radius 3 is 2.79 bits per heavy atom. The van der Waals surface area contributed by atoms with Gasteiger partial charge in [-0.15, -0.1) is 0 Å². The number of carbonyl (C=O) groups excluding carboxylic acids is 1. The molecule has 0 bridgehead atoms. The average Bonchev–Trinajstić information content (AvgIpc) is 2.71. The van der Waals surface area contributed by atoms with E-state index >= 15 is 0 Å². The van der Waals surface area contributed by atoms with Crippen molar-refractivity contribution in [2.45, 2.75) is 12.3 Å². The molecule has 3 rings (SSSR count). The number of anilines is 1. The average molecular weight is 274 g/mol. The molecule has 0 unspecified atom stereocenters. The van der Waals surface area contributed by atoms with Crippen molar-refractivity contribution in [3.8, 4) is 5.75 Å². The summed E-state index contributed by atoms with van der Waals surface area (Å²) in [6.07, 6.45) is 0.572. The molecule has 0 radical (unpaired) electrons. The molecule has 2 aromatic carbocycles. The molecule has 1 atom stereocenters. The van der Waals surface area contributed by atoms with Gasteiger partial charge in [0.2, 0.25) is 5.91 Å². The predicted molar refractivity (Wildman–Crippen MR) is 74.6 cm³/mol. The van der Waals surface area contributed by atoms with Gasteiger partial charge in [0.15, 0.2) is 0 Å². The third kappa shape index (κ3) is 2.17. The van der Waals surface area contributed by atoms with Crippen LogP contribution in [0.3, 0.4) is 0 Å². The molecule has 3 nitrogen and oxygen atoms in total. The largest absolute Gasteiger partial charge is 0.506 e. The molecule has 2 N–H and O–H groups in total. The molecule has 0 aromatic heterocycles. The fourth-order valence-electron chi connectivity index (χ4n) is 2.39. The molecule has 19 heavy (non-hydrogen) atoms. The molecule has 4 heteroatoms. The van der Waals surface area contributed by atoms with E-state index < -0.39 is 0 Å². The number of rotatable bonds is 2. The monoisotopic (exact) mass is 273 g/mol. The molecule has 0 saturated carbocycles. The minimum atomic E-state index is -0.197. The highest BCUT2D eigenvalue weighted by molar-refractivity contribution is 6.32. The number of phenols is 1. The number of amides is 1. The van der Waals surface area contributed by atoms with Crippen molar-refractivity contribution in [2.24, 2.45) is 0 Å². The number of para-hydroxylation sites is 1. The molecular formula is C15H12ClNO2. The Labute approximate surface area is 115 Å². The van der Waals surface area contributed by atoms with Gasteiger partial charge in [-0.1, -0.05) is 35.9 Å². The molecule has 1 aliphatic rings. The highest BCUT2D eigenvalue weighted by atomic mass is 35.5. The van der Waals surface area contributed by atoms with E-state index in [2.05, 4.69) is 5.32 Å². The fraction of sp³-hybridized carbons (Fsp3) is 0.133. The van der Waals surface area contributed by atoms with E-state index in [1.807, 2.05) is 24.3 Å². The summed E-state index contributed by atoms with van der Waals surface area (Å²) in [5.74, 6) is -0.135. The van der Waals surface area contributed by atoms with Crippen LogP contribution in [0.4, 0.5) is 5.69 Å². The smallest absolute Gasteiger partial charge is 0.232 e. The van der Waals surface area contributed by atoms with Crippen LogP contribution in [0.1, 0.15) is 17.0 Å². The highest BCUT2D eigenvalue weighted by Gasteiger charge is 2.30. The van der Waals surface area contributed by atoms with E-state index in [0.717, 1.165) is 16.8 Å². The van der Waals surface area contributed by atoms with Gasteiger partial charge in [0.1, 0.15) is 5.75 Å². The number of fused-ring (bicyclic) bond motifs is 1. The number of nitrogens with one attached hydrogen (secondary N) is 1. The molecule has 96 valence electrons. The molecule has 0 aliphatic carbocycles. The maximum atomic E-state index is 12.0. The van der Waals surface area contributed by atoms with Crippen LogP contribution in [-0.4, -0.2) is 11.0 Å². The standard InChI is InChI=1S/C15H12ClNO2/c16-12-8-9(5-6-14(12)18)7-11-10-3-1-2-4-13(10)17-15(11)19/h1-6,8,11,18H,7H2,(H,17,19)/t11-/m0/s1. The summed E-state index contributed by atoms with van der Waals surface area (Å²) in [5.41, 5.74) is 2.82. The van der Waals surface area contributed by atoms with Gasteiger partial charge < -0.3 is 10.4 Å². The Morgan fingerprint density at radius 2 is 2.00 bits per heavy atom. The molecule has 1 amide bonds. The summed E-state index contributed by atoms with van der Waals surface area (Å²) >= 11 is 5.89. The first-order valence-electron chi connectivity index (χ1n) is 6.02. The van der Waals surface area contributed by atoms with Crippen molar-refractivity contribution < 1.29 is 9.90 Å². The van der Waals surface area contributed by atoms with Crippen LogP contribution in [-0.2, 0) is 11.2 Å². The lowest BCUT2D eigenvalue weighted by Gasteiger charge is -2.09. The molecule has 2 aromatic rings. The maximum absolute atomic E-state index is 12.0. The molecule has 1 aliphatic heterocycles. The van der Waals surface area contributed by atoms with Gasteiger partial charge in [0, 0.05) is 5.69 Å². The van der Waals surface area contributed by atoms with E-state index in [-0.39, 0.29) is 17.6 Å². The number of halogens is 1. The van der Waals surface area contributed by atoms with E-state index in [9.17, 15) is 9.90 Å². The van der Waals surface area contributed by atoms with Crippen LogP contribution in [0, 0.1) is 0 Å². The lowest BCUT2D eigenvalue weighted by molar-refractivity contribution is -0.117. The van der Waals surface area contributed by atoms with Crippen molar-refractivity contribution in [3.05, 3.63) is 58.6 Å². The topological polar surface area (TPSA) is 49.3 Å². The number of phenolic OH excluding ortho intramolecular Hbond substituents is 1. The highest BCUT2D eigenvalue weighted by Crippen LogP contribution is 2.35. The summed E-state index contributed by atoms with van der Waals surface area (Å²) in [6, 6.07) is 12.7. The van der Waals surface area contributed by atoms with Crippen LogP contribution >= 0.6 is 11.6 Å². The SMILES string of the molecule is O=C1Nc2ccccc2[C@@H]1Cc1ccc(O)c(Cl)c1. The van der Waals surface area contributed by atoms with Crippen LogP contribution in [0.2, 0.25) is 5.02 Å². The van der Waals surface area contributed by atoms with E-state index in [1.165, 1.54) is 0 Å². The Kier molecular flexibility index (Phi) is 2.91. The number of aromatic hydroxyl groups is 1. The maximum Gasteiger partial charge on any atom is 0.232 e. The lowest BCUT2D eigenvalue weighted by atomic mass is 9.93. The Morgan fingerprint density at radius 1 is 1.21 bits per heavy atom. The molecule has 0 spiro atoms. The second kappa shape index (κ2) is 4.59. The van der Waals surface area contributed by atoms with Crippen molar-refractivity contribution in [1.82, 2.24) is 0 Å². The van der Waals surface area contributed by atoms with Crippen molar-refractivity contribution >= 4 is 23.2 Å². The van der Waals surface area contributed by atoms with E-state index in [4.69, 9.17) is 11.6 Å². The summed E-state index contributed by atoms with van der Waals surface area (Å²) in [5, 5.41) is 12.6. The zero-order chi connectivity index (χ0) is 13.4. The van der Waals surface area contributed by atoms with Crippen LogP contribution in [0.15, 0.2) is 42.5 Å². The van der Waals surface area contributed by atoms with Gasteiger partial charge in [-0.25, -0.2) is 0 Å². The van der Waals surface area contributed by atoms with Crippen LogP contribution < -0.4 is 5.32 Å².